The molecule has 132 valence electrons. The first kappa shape index (κ1) is 16.9. The summed E-state index contributed by atoms with van der Waals surface area (Å²) in [5.74, 6) is 0.450. The normalized spacial score (nSPS) is 25.1. The van der Waals surface area contributed by atoms with Crippen LogP contribution in [0.25, 0.3) is 0 Å². The lowest BCUT2D eigenvalue weighted by molar-refractivity contribution is -0.166. The van der Waals surface area contributed by atoms with Crippen LogP contribution in [0.15, 0.2) is 4.52 Å². The standard InChI is InChI=1S/C16H23N3O5/c1-10-8-19(9-12(23-10)16(21)22)14(20)7-6-13-17-15(18-24-13)11-4-2-3-5-11/h10-12H,2-9H2,1H3,(H,21,22)/t10-,12?/m1/s1. The van der Waals surface area contributed by atoms with E-state index in [0.29, 0.717) is 24.8 Å². The molecule has 1 saturated carbocycles. The summed E-state index contributed by atoms with van der Waals surface area (Å²) in [6.45, 7) is 2.25. The summed E-state index contributed by atoms with van der Waals surface area (Å²) in [6, 6.07) is 0. The number of amides is 1. The van der Waals surface area contributed by atoms with E-state index < -0.39 is 12.1 Å². The maximum absolute atomic E-state index is 12.3. The Morgan fingerprint density at radius 2 is 2.04 bits per heavy atom. The van der Waals surface area contributed by atoms with Crippen molar-refractivity contribution in [3.8, 4) is 0 Å². The molecule has 1 aliphatic carbocycles. The molecule has 0 aromatic carbocycles. The summed E-state index contributed by atoms with van der Waals surface area (Å²) in [6.07, 6.45) is 3.95. The number of aryl methyl sites for hydroxylation is 1. The molecule has 0 radical (unpaired) electrons. The first-order chi connectivity index (χ1) is 11.5. The lowest BCUT2D eigenvalue weighted by Crippen LogP contribution is -2.51. The highest BCUT2D eigenvalue weighted by Gasteiger charge is 2.32. The average Bonchev–Trinajstić information content (AvgIpc) is 3.23. The van der Waals surface area contributed by atoms with E-state index in [1.807, 2.05) is 0 Å². The minimum absolute atomic E-state index is 0.0790. The van der Waals surface area contributed by atoms with Gasteiger partial charge in [-0.2, -0.15) is 4.98 Å². The molecule has 0 bridgehead atoms. The number of carboxylic acids is 1. The molecule has 2 aliphatic rings. The maximum atomic E-state index is 12.3. The summed E-state index contributed by atoms with van der Waals surface area (Å²) < 4.78 is 10.6. The van der Waals surface area contributed by atoms with Crippen molar-refractivity contribution < 1.29 is 24.0 Å². The molecule has 3 rings (SSSR count). The van der Waals surface area contributed by atoms with Crippen molar-refractivity contribution in [2.45, 2.75) is 63.6 Å². The van der Waals surface area contributed by atoms with Gasteiger partial charge in [0.15, 0.2) is 11.9 Å². The number of hydrogen-bond acceptors (Lipinski definition) is 6. The van der Waals surface area contributed by atoms with Crippen LogP contribution in [0.5, 0.6) is 0 Å². The maximum Gasteiger partial charge on any atom is 0.334 e. The zero-order chi connectivity index (χ0) is 17.1. The second-order valence-electron chi connectivity index (χ2n) is 6.60. The molecule has 2 heterocycles. The van der Waals surface area contributed by atoms with Crippen molar-refractivity contribution in [1.82, 2.24) is 15.0 Å². The Morgan fingerprint density at radius 3 is 2.75 bits per heavy atom. The molecule has 1 N–H and O–H groups in total. The third kappa shape index (κ3) is 3.92. The van der Waals surface area contributed by atoms with Gasteiger partial charge in [0.1, 0.15) is 0 Å². The Kier molecular flexibility index (Phi) is 5.13. The van der Waals surface area contributed by atoms with Crippen molar-refractivity contribution >= 4 is 11.9 Å². The molecule has 8 nitrogen and oxygen atoms in total. The molecule has 2 atom stereocenters. The van der Waals surface area contributed by atoms with Gasteiger partial charge in [-0.25, -0.2) is 4.79 Å². The van der Waals surface area contributed by atoms with Gasteiger partial charge in [-0.1, -0.05) is 18.0 Å². The smallest absolute Gasteiger partial charge is 0.334 e. The highest BCUT2D eigenvalue weighted by atomic mass is 16.5. The second kappa shape index (κ2) is 7.29. The highest BCUT2D eigenvalue weighted by Crippen LogP contribution is 2.32. The van der Waals surface area contributed by atoms with Crippen LogP contribution in [0, 0.1) is 0 Å². The van der Waals surface area contributed by atoms with Gasteiger partial charge in [0.25, 0.3) is 0 Å². The SMILES string of the molecule is C[C@@H]1CN(C(=O)CCc2nc(C3CCCC3)no2)CC(C(=O)O)O1. The topological polar surface area (TPSA) is 106 Å². The number of aromatic nitrogens is 2. The van der Waals surface area contributed by atoms with Crippen LogP contribution >= 0.6 is 0 Å². The Hall–Kier alpha value is -1.96. The van der Waals surface area contributed by atoms with E-state index in [1.54, 1.807) is 11.8 Å². The predicted molar refractivity (Wildman–Crippen MR) is 82.4 cm³/mol. The van der Waals surface area contributed by atoms with E-state index in [1.165, 1.54) is 12.8 Å². The fourth-order valence-corrected chi connectivity index (χ4v) is 3.38. The van der Waals surface area contributed by atoms with E-state index in [2.05, 4.69) is 10.1 Å². The molecular weight excluding hydrogens is 314 g/mol. The fourth-order valence-electron chi connectivity index (χ4n) is 3.38. The van der Waals surface area contributed by atoms with Crippen LogP contribution in [0.2, 0.25) is 0 Å². The number of aliphatic carboxylic acids is 1. The first-order valence-corrected chi connectivity index (χ1v) is 8.51. The number of carbonyl (C=O) groups is 2. The molecular formula is C16H23N3O5. The average molecular weight is 337 g/mol. The Bertz CT molecular complexity index is 596. The van der Waals surface area contributed by atoms with Crippen LogP contribution in [0.1, 0.15) is 56.7 Å². The predicted octanol–water partition coefficient (Wildman–Crippen LogP) is 1.36. The lowest BCUT2D eigenvalue weighted by Gasteiger charge is -2.34. The largest absolute Gasteiger partial charge is 0.479 e. The van der Waals surface area contributed by atoms with E-state index in [4.69, 9.17) is 14.4 Å². The summed E-state index contributed by atoms with van der Waals surface area (Å²) in [4.78, 5) is 29.4. The van der Waals surface area contributed by atoms with Crippen molar-refractivity contribution in [3.63, 3.8) is 0 Å². The molecule has 24 heavy (non-hydrogen) atoms. The van der Waals surface area contributed by atoms with E-state index >= 15 is 0 Å². The van der Waals surface area contributed by atoms with Gasteiger partial charge in [0.2, 0.25) is 11.8 Å². The van der Waals surface area contributed by atoms with E-state index in [9.17, 15) is 9.59 Å². The molecule has 0 spiro atoms. The molecule has 1 saturated heterocycles. The Morgan fingerprint density at radius 1 is 1.29 bits per heavy atom. The third-order valence-corrected chi connectivity index (χ3v) is 4.65. The van der Waals surface area contributed by atoms with Gasteiger partial charge in [0.05, 0.1) is 12.6 Å². The molecule has 8 heteroatoms. The quantitative estimate of drug-likeness (QED) is 0.864. The molecule has 1 amide bonds. The zero-order valence-electron chi connectivity index (χ0n) is 13.8. The van der Waals surface area contributed by atoms with Gasteiger partial charge in [-0.05, 0) is 19.8 Å². The van der Waals surface area contributed by atoms with Gasteiger partial charge < -0.3 is 19.3 Å². The van der Waals surface area contributed by atoms with Gasteiger partial charge in [0, 0.05) is 25.3 Å². The summed E-state index contributed by atoms with van der Waals surface area (Å²) in [7, 11) is 0. The summed E-state index contributed by atoms with van der Waals surface area (Å²) in [5.41, 5.74) is 0. The van der Waals surface area contributed by atoms with Crippen LogP contribution in [-0.2, 0) is 20.7 Å². The van der Waals surface area contributed by atoms with E-state index in [-0.39, 0.29) is 25.0 Å². The van der Waals surface area contributed by atoms with Gasteiger partial charge in [-0.3, -0.25) is 4.79 Å². The molecule has 1 aliphatic heterocycles. The number of nitrogens with zero attached hydrogens (tertiary/aromatic N) is 3. The number of rotatable bonds is 5. The van der Waals surface area contributed by atoms with Gasteiger partial charge in [-0.15, -0.1) is 0 Å². The Balaban J connectivity index is 1.52. The molecule has 1 aromatic rings. The zero-order valence-corrected chi connectivity index (χ0v) is 13.8. The number of carbonyl (C=O) groups excluding carboxylic acids is 1. The summed E-state index contributed by atoms with van der Waals surface area (Å²) >= 11 is 0. The van der Waals surface area contributed by atoms with Crippen molar-refractivity contribution in [1.29, 1.82) is 0 Å². The highest BCUT2D eigenvalue weighted by molar-refractivity contribution is 5.78. The monoisotopic (exact) mass is 337 g/mol. The first-order valence-electron chi connectivity index (χ1n) is 8.51. The lowest BCUT2D eigenvalue weighted by atomic mass is 10.1. The van der Waals surface area contributed by atoms with Crippen LogP contribution in [0.4, 0.5) is 0 Å². The fraction of sp³-hybridized carbons (Fsp3) is 0.750. The minimum atomic E-state index is -1.04. The van der Waals surface area contributed by atoms with Gasteiger partial charge >= 0.3 is 5.97 Å². The number of ether oxygens (including phenoxy) is 1. The van der Waals surface area contributed by atoms with Crippen molar-refractivity contribution in [3.05, 3.63) is 11.7 Å². The van der Waals surface area contributed by atoms with Crippen LogP contribution < -0.4 is 0 Å². The van der Waals surface area contributed by atoms with Crippen LogP contribution in [-0.4, -0.2) is 57.3 Å². The minimum Gasteiger partial charge on any atom is -0.479 e. The number of carboxylic acid groups (broad SMARTS) is 1. The third-order valence-electron chi connectivity index (χ3n) is 4.65. The Labute approximate surface area is 140 Å². The van der Waals surface area contributed by atoms with Crippen molar-refractivity contribution in [2.75, 3.05) is 13.1 Å². The van der Waals surface area contributed by atoms with Crippen molar-refractivity contribution in [2.24, 2.45) is 0 Å². The molecule has 1 unspecified atom stereocenters. The second-order valence-corrected chi connectivity index (χ2v) is 6.60. The number of morpholine rings is 1. The molecule has 1 aromatic heterocycles. The summed E-state index contributed by atoms with van der Waals surface area (Å²) in [5, 5.41) is 13.1. The van der Waals surface area contributed by atoms with E-state index in [0.717, 1.165) is 18.7 Å². The van der Waals surface area contributed by atoms with Crippen LogP contribution in [0.3, 0.4) is 0 Å². The molecule has 2 fully saturated rings. The number of hydrogen-bond donors (Lipinski definition) is 1.